The highest BCUT2D eigenvalue weighted by Crippen LogP contribution is 2.39. The number of aliphatic hydroxyl groups is 2. The number of quaternary nitrogens is 2. The number of halogens is 2. The van der Waals surface area contributed by atoms with Gasteiger partial charge in [0.05, 0.1) is 73.0 Å². The fraction of sp³-hybridized carbons (Fsp3) is 0.367. The minimum Gasteiger partial charge on any atom is -1.00 e. The zero-order chi connectivity index (χ0) is 47.9. The van der Waals surface area contributed by atoms with Crippen LogP contribution in [-0.4, -0.2) is 121 Å². The Hall–Kier alpha value is -4.89. The van der Waals surface area contributed by atoms with Crippen LogP contribution in [0.1, 0.15) is 45.2 Å². The van der Waals surface area contributed by atoms with Gasteiger partial charge < -0.3 is 65.5 Å². The van der Waals surface area contributed by atoms with Crippen LogP contribution in [0, 0.1) is 5.82 Å². The normalized spacial score (nSPS) is 19.8. The maximum absolute atomic E-state index is 13.2. The zero-order valence-corrected chi connectivity index (χ0v) is 41.7. The number of likely N-dealkylation sites (N-methyl/N-ethyl adjacent to an activating group) is 2. The number of phenols is 1. The summed E-state index contributed by atoms with van der Waals surface area (Å²) in [5.74, 6) is 0.00785. The first-order chi connectivity index (χ1) is 32.2. The number of carboxylic acid groups (broad SMARTS) is 1. The zero-order valence-electron chi connectivity index (χ0n) is 37.7. The highest BCUT2D eigenvalue weighted by Gasteiger charge is 2.48. The van der Waals surface area contributed by atoms with E-state index >= 15 is 0 Å². The summed E-state index contributed by atoms with van der Waals surface area (Å²) in [7, 11) is 4.31. The summed E-state index contributed by atoms with van der Waals surface area (Å²) in [6.07, 6.45) is 2.74. The smallest absolute Gasteiger partial charge is 0.349 e. The lowest BCUT2D eigenvalue weighted by molar-refractivity contribution is -0.899. The van der Waals surface area contributed by atoms with E-state index in [1.165, 1.54) is 57.5 Å². The Kier molecular flexibility index (Phi) is 20.0. The number of likely N-dealkylation sites (tertiary alicyclic amines) is 2. The number of rotatable bonds is 18. The van der Waals surface area contributed by atoms with Crippen LogP contribution in [0.2, 0.25) is 0 Å². The molecule has 4 aromatic heterocycles. The van der Waals surface area contributed by atoms with Gasteiger partial charge in [0, 0.05) is 38.2 Å². The number of esters is 2. The van der Waals surface area contributed by atoms with Crippen LogP contribution >= 0.6 is 45.3 Å². The number of hydrogen-bond acceptors (Lipinski definition) is 15. The second-order valence-electron chi connectivity index (χ2n) is 16.9. The molecule has 2 saturated heterocycles. The summed E-state index contributed by atoms with van der Waals surface area (Å²) in [5.41, 5.74) is -3.53. The van der Waals surface area contributed by atoms with Gasteiger partial charge in [0.25, 0.3) is 0 Å². The Morgan fingerprint density at radius 1 is 0.676 bits per heavy atom. The molecule has 0 spiro atoms. The summed E-state index contributed by atoms with van der Waals surface area (Å²) >= 11 is 5.39. The van der Waals surface area contributed by atoms with Crippen molar-refractivity contribution in [2.75, 3.05) is 66.6 Å². The van der Waals surface area contributed by atoms with E-state index in [-0.39, 0.29) is 36.2 Å². The molecule has 0 aliphatic carbocycles. The summed E-state index contributed by atoms with van der Waals surface area (Å²) in [6, 6.07) is 27.2. The van der Waals surface area contributed by atoms with Crippen molar-refractivity contribution in [3.8, 4) is 17.2 Å². The number of thiophene rings is 4. The number of phenolic OH excluding ortho intramolecular Hbond substituents is 1. The maximum atomic E-state index is 13.2. The lowest BCUT2D eigenvalue weighted by Gasteiger charge is -2.30. The first-order valence-corrected chi connectivity index (χ1v) is 25.3. The van der Waals surface area contributed by atoms with E-state index < -0.39 is 29.6 Å². The molecule has 6 aromatic rings. The Bertz CT molecular complexity index is 2360. The van der Waals surface area contributed by atoms with Crippen molar-refractivity contribution >= 4 is 63.8 Å². The number of ether oxygens (including phenoxy) is 4. The standard InChI is InChI=1S/C24H27FNO4S2.C24H27NO5S2.CH2O2.ClH/c1-26(12-4-14-29-19-9-7-18(25)8-10-19)13-11-20(17-26)30-23(27)24(28,21-5-2-15-31-21)22-6-3-16-32-22;1-25(11-5-13-29-19-7-2-6-18(26)16-19)12-10-20(17-25)30-23(27)24(28,21-8-3-14-31-21)22-9-4-15-32-22;2-1-3;/h2-3,5-10,15-16,20,28H,4,11-14,17H2,1H3;2-4,6-9,14-16,20,28H,5,10-13,17H2,1H3;1H,(H,2,3);1H/q+1;;;/p-1. The van der Waals surface area contributed by atoms with Crippen molar-refractivity contribution < 1.29 is 79.5 Å². The van der Waals surface area contributed by atoms with Crippen molar-refractivity contribution in [2.45, 2.75) is 49.1 Å². The molecule has 13 nitrogen and oxygen atoms in total. The molecular formula is C49H56ClFN2O11S4. The predicted molar refractivity (Wildman–Crippen MR) is 255 cm³/mol. The topological polar surface area (TPSA) is 172 Å². The molecule has 6 heterocycles. The van der Waals surface area contributed by atoms with Crippen LogP contribution in [-0.2, 0) is 35.1 Å². The molecule has 0 radical (unpaired) electrons. The summed E-state index contributed by atoms with van der Waals surface area (Å²) < 4.78 is 37.7. The molecule has 8 rings (SSSR count). The van der Waals surface area contributed by atoms with Gasteiger partial charge in [0.15, 0.2) is 12.2 Å². The molecule has 3 N–H and O–H groups in total. The van der Waals surface area contributed by atoms with Gasteiger partial charge >= 0.3 is 11.9 Å². The summed E-state index contributed by atoms with van der Waals surface area (Å²) in [4.78, 5) is 36.9. The molecular weight excluding hydrogens is 975 g/mol. The molecule has 366 valence electrons. The van der Waals surface area contributed by atoms with E-state index in [4.69, 9.17) is 28.8 Å². The summed E-state index contributed by atoms with van der Waals surface area (Å²) in [6.45, 7) is 5.59. The third-order valence-electron chi connectivity index (χ3n) is 11.8. The van der Waals surface area contributed by atoms with Gasteiger partial charge in [0.2, 0.25) is 11.2 Å². The Morgan fingerprint density at radius 2 is 1.07 bits per heavy atom. The van der Waals surface area contributed by atoms with Crippen molar-refractivity contribution in [2.24, 2.45) is 0 Å². The molecule has 2 aliphatic heterocycles. The predicted octanol–water partition coefficient (Wildman–Crippen LogP) is 3.77. The number of benzene rings is 2. The third kappa shape index (κ3) is 14.1. The summed E-state index contributed by atoms with van der Waals surface area (Å²) in [5, 5.41) is 48.0. The number of hydrogen-bond donors (Lipinski definition) is 3. The second kappa shape index (κ2) is 25.1. The van der Waals surface area contributed by atoms with Crippen molar-refractivity contribution in [3.63, 3.8) is 0 Å². The Balaban J connectivity index is 0.000000237. The minimum atomic E-state index is -1.77. The average Bonchev–Trinajstić information content (AvgIpc) is 4.18. The number of aromatic hydroxyl groups is 1. The largest absolute Gasteiger partial charge is 1.00 e. The van der Waals surface area contributed by atoms with Gasteiger partial charge in [-0.25, -0.2) is 14.0 Å². The lowest BCUT2D eigenvalue weighted by Crippen LogP contribution is -3.00. The molecule has 0 saturated carbocycles. The molecule has 19 heteroatoms. The highest BCUT2D eigenvalue weighted by atomic mass is 35.5. The molecule has 2 aromatic carbocycles. The number of nitrogens with zero attached hydrogens (tertiary/aromatic N) is 2. The first kappa shape index (κ1) is 54.1. The monoisotopic (exact) mass is 1030 g/mol. The molecule has 2 aliphatic rings. The van der Waals surface area contributed by atoms with E-state index in [0.717, 1.165) is 60.8 Å². The van der Waals surface area contributed by atoms with Crippen LogP contribution in [0.4, 0.5) is 4.39 Å². The van der Waals surface area contributed by atoms with E-state index in [1.54, 1.807) is 54.6 Å². The van der Waals surface area contributed by atoms with Gasteiger partial charge in [-0.15, -0.1) is 45.3 Å². The van der Waals surface area contributed by atoms with E-state index in [0.29, 0.717) is 57.3 Å². The Morgan fingerprint density at radius 3 is 1.44 bits per heavy atom. The van der Waals surface area contributed by atoms with E-state index in [1.807, 2.05) is 51.9 Å². The first-order valence-electron chi connectivity index (χ1n) is 21.8. The average molecular weight is 1030 g/mol. The van der Waals surface area contributed by atoms with Gasteiger partial charge in [-0.3, -0.25) is 0 Å². The maximum Gasteiger partial charge on any atom is 0.349 e. The van der Waals surface area contributed by atoms with Crippen LogP contribution in [0.25, 0.3) is 0 Å². The van der Waals surface area contributed by atoms with E-state index in [2.05, 4.69) is 14.1 Å². The van der Waals surface area contributed by atoms with Crippen LogP contribution in [0.5, 0.6) is 17.2 Å². The lowest BCUT2D eigenvalue weighted by atomic mass is 10.00. The highest BCUT2D eigenvalue weighted by molar-refractivity contribution is 7.12. The third-order valence-corrected chi connectivity index (χ3v) is 15.7. The molecule has 0 amide bonds. The molecule has 4 unspecified atom stereocenters. The Labute approximate surface area is 417 Å². The van der Waals surface area contributed by atoms with Crippen LogP contribution in [0.3, 0.4) is 0 Å². The van der Waals surface area contributed by atoms with E-state index in [9.17, 15) is 29.3 Å². The fourth-order valence-corrected chi connectivity index (χ4v) is 11.7. The molecule has 2 fully saturated rings. The molecule has 68 heavy (non-hydrogen) atoms. The minimum absolute atomic E-state index is 0. The van der Waals surface area contributed by atoms with Gasteiger partial charge in [-0.2, -0.15) is 0 Å². The van der Waals surface area contributed by atoms with Crippen molar-refractivity contribution in [1.82, 2.24) is 0 Å². The molecule has 0 bridgehead atoms. The van der Waals surface area contributed by atoms with Gasteiger partial charge in [-0.1, -0.05) is 30.3 Å². The van der Waals surface area contributed by atoms with Gasteiger partial charge in [-0.05, 0) is 82.2 Å². The quantitative estimate of drug-likeness (QED) is 0.0496. The SMILES string of the molecule is C[N+]1(CCCOc2ccc(F)cc2)CCC(OC(=O)C(O)(c2cccs2)c2cccs2)C1.C[N+]1(CCCOc2cccc(O)c2)CCC(OC(=O)C(O)(c2cccs2)c2cccs2)C1.O=C[O-].[Cl-]. The van der Waals surface area contributed by atoms with Gasteiger partial charge in [0.1, 0.15) is 36.2 Å². The van der Waals surface area contributed by atoms with Crippen LogP contribution in [0.15, 0.2) is 119 Å². The number of carbonyl (C=O) groups is 3. The number of carbonyl (C=O) groups excluding carboxylic acids is 3. The second-order valence-corrected chi connectivity index (χ2v) is 20.7. The molecule has 4 atom stereocenters. The fourth-order valence-electron chi connectivity index (χ4n) is 8.29. The van der Waals surface area contributed by atoms with Crippen molar-refractivity contribution in [1.29, 1.82) is 0 Å². The van der Waals surface area contributed by atoms with Crippen LogP contribution < -0.4 is 27.0 Å². The van der Waals surface area contributed by atoms with Crippen molar-refractivity contribution in [3.05, 3.63) is 144 Å².